The van der Waals surface area contributed by atoms with Gasteiger partial charge in [0, 0.05) is 25.6 Å². The Morgan fingerprint density at radius 3 is 2.77 bits per heavy atom. The molecule has 1 fully saturated rings. The van der Waals surface area contributed by atoms with Crippen LogP contribution < -0.4 is 16.0 Å². The number of thiophene rings is 1. The molecule has 0 spiro atoms. The average molecular weight is 325 g/mol. The summed E-state index contributed by atoms with van der Waals surface area (Å²) in [4.78, 5) is 25.0. The molecule has 0 aromatic carbocycles. The van der Waals surface area contributed by atoms with Crippen molar-refractivity contribution in [1.82, 2.24) is 16.0 Å². The Morgan fingerprint density at radius 2 is 2.23 bits per heavy atom. The molecule has 0 aliphatic carbocycles. The van der Waals surface area contributed by atoms with E-state index in [1.807, 2.05) is 19.2 Å². The van der Waals surface area contributed by atoms with Crippen molar-refractivity contribution in [3.8, 4) is 0 Å². The molecular formula is C15H23N3O3S. The zero-order valence-electron chi connectivity index (χ0n) is 12.8. The van der Waals surface area contributed by atoms with Crippen molar-refractivity contribution in [3.05, 3.63) is 22.4 Å². The number of amides is 2. The fourth-order valence-corrected chi connectivity index (χ4v) is 3.05. The van der Waals surface area contributed by atoms with Crippen molar-refractivity contribution in [2.24, 2.45) is 11.8 Å². The Hall–Kier alpha value is -1.44. The second-order valence-electron chi connectivity index (χ2n) is 5.90. The molecule has 1 aromatic rings. The van der Waals surface area contributed by atoms with E-state index in [9.17, 15) is 14.7 Å². The van der Waals surface area contributed by atoms with Gasteiger partial charge in [-0.1, -0.05) is 19.9 Å². The van der Waals surface area contributed by atoms with Crippen LogP contribution in [0.5, 0.6) is 0 Å². The monoisotopic (exact) mass is 325 g/mol. The molecule has 3 atom stereocenters. The van der Waals surface area contributed by atoms with Crippen molar-refractivity contribution in [2.45, 2.75) is 26.0 Å². The minimum absolute atomic E-state index is 0.0180. The van der Waals surface area contributed by atoms with Crippen molar-refractivity contribution in [2.75, 3.05) is 19.6 Å². The molecule has 0 saturated carbocycles. The van der Waals surface area contributed by atoms with Crippen LogP contribution in [0.25, 0.3) is 0 Å². The smallest absolute Gasteiger partial charge is 0.262 e. The molecule has 1 saturated heterocycles. The molecule has 1 aromatic heterocycles. The predicted octanol–water partition coefficient (Wildman–Crippen LogP) is 0.199. The molecule has 22 heavy (non-hydrogen) atoms. The van der Waals surface area contributed by atoms with E-state index >= 15 is 0 Å². The Balaban J connectivity index is 1.89. The first-order chi connectivity index (χ1) is 10.5. The largest absolute Gasteiger partial charge is 0.391 e. The number of rotatable bonds is 6. The summed E-state index contributed by atoms with van der Waals surface area (Å²) >= 11 is 1.35. The van der Waals surface area contributed by atoms with Gasteiger partial charge in [0.1, 0.15) is 6.04 Å². The van der Waals surface area contributed by atoms with Crippen LogP contribution in [0.4, 0.5) is 0 Å². The second-order valence-corrected chi connectivity index (χ2v) is 6.85. The van der Waals surface area contributed by atoms with Gasteiger partial charge in [0.2, 0.25) is 5.91 Å². The zero-order chi connectivity index (χ0) is 16.1. The molecule has 3 unspecified atom stereocenters. The molecule has 0 bridgehead atoms. The molecule has 2 amide bonds. The van der Waals surface area contributed by atoms with E-state index in [0.717, 1.165) is 0 Å². The normalized spacial score (nSPS) is 22.5. The quantitative estimate of drug-likeness (QED) is 0.601. The lowest BCUT2D eigenvalue weighted by Crippen LogP contribution is -2.51. The maximum absolute atomic E-state index is 12.3. The van der Waals surface area contributed by atoms with E-state index < -0.39 is 12.1 Å². The predicted molar refractivity (Wildman–Crippen MR) is 85.8 cm³/mol. The SMILES string of the molecule is CC(C)C(NC(=O)c1cccs1)C(=O)NCC1CNCC1O. The summed E-state index contributed by atoms with van der Waals surface area (Å²) in [5.41, 5.74) is 0. The summed E-state index contributed by atoms with van der Waals surface area (Å²) in [5, 5.41) is 20.3. The van der Waals surface area contributed by atoms with Crippen LogP contribution in [0.2, 0.25) is 0 Å². The van der Waals surface area contributed by atoms with E-state index in [1.165, 1.54) is 11.3 Å². The maximum atomic E-state index is 12.3. The highest BCUT2D eigenvalue weighted by atomic mass is 32.1. The van der Waals surface area contributed by atoms with Crippen LogP contribution in [0.15, 0.2) is 17.5 Å². The number of β-amino-alcohol motifs (C(OH)–C–C–N with tert-alkyl or cyclic N) is 1. The number of nitrogens with one attached hydrogen (secondary N) is 3. The summed E-state index contributed by atoms with van der Waals surface area (Å²) in [6.45, 7) is 5.44. The molecule has 122 valence electrons. The summed E-state index contributed by atoms with van der Waals surface area (Å²) in [7, 11) is 0. The van der Waals surface area contributed by atoms with Gasteiger partial charge in [0.05, 0.1) is 11.0 Å². The molecular weight excluding hydrogens is 302 g/mol. The van der Waals surface area contributed by atoms with Gasteiger partial charge < -0.3 is 21.1 Å². The first kappa shape index (κ1) is 16.9. The average Bonchev–Trinajstić information content (AvgIpc) is 3.13. The Morgan fingerprint density at radius 1 is 1.45 bits per heavy atom. The Bertz CT molecular complexity index is 504. The number of carbonyl (C=O) groups is 2. The third-order valence-electron chi connectivity index (χ3n) is 3.82. The van der Waals surface area contributed by atoms with Crippen LogP contribution in [0.1, 0.15) is 23.5 Å². The van der Waals surface area contributed by atoms with Gasteiger partial charge in [0.25, 0.3) is 5.91 Å². The van der Waals surface area contributed by atoms with E-state index in [2.05, 4.69) is 16.0 Å². The molecule has 1 aliphatic heterocycles. The number of hydrogen-bond donors (Lipinski definition) is 4. The lowest BCUT2D eigenvalue weighted by Gasteiger charge is -2.23. The summed E-state index contributed by atoms with van der Waals surface area (Å²) in [5.74, 6) is -0.439. The minimum atomic E-state index is -0.582. The van der Waals surface area contributed by atoms with Crippen molar-refractivity contribution < 1.29 is 14.7 Å². The highest BCUT2D eigenvalue weighted by molar-refractivity contribution is 7.12. The lowest BCUT2D eigenvalue weighted by molar-refractivity contribution is -0.124. The van der Waals surface area contributed by atoms with Crippen molar-refractivity contribution >= 4 is 23.2 Å². The van der Waals surface area contributed by atoms with Crippen molar-refractivity contribution in [3.63, 3.8) is 0 Å². The van der Waals surface area contributed by atoms with Gasteiger partial charge in [-0.05, 0) is 17.4 Å². The van der Waals surface area contributed by atoms with E-state index in [4.69, 9.17) is 0 Å². The first-order valence-corrected chi connectivity index (χ1v) is 8.38. The van der Waals surface area contributed by atoms with E-state index in [-0.39, 0.29) is 23.7 Å². The Labute approximate surface area is 134 Å². The number of aliphatic hydroxyl groups excluding tert-OH is 1. The van der Waals surface area contributed by atoms with Gasteiger partial charge in [0.15, 0.2) is 0 Å². The second kappa shape index (κ2) is 7.71. The summed E-state index contributed by atoms with van der Waals surface area (Å²) in [6, 6.07) is 2.95. The van der Waals surface area contributed by atoms with E-state index in [0.29, 0.717) is 24.5 Å². The van der Waals surface area contributed by atoms with Gasteiger partial charge in [-0.2, -0.15) is 0 Å². The van der Waals surface area contributed by atoms with Gasteiger partial charge in [-0.15, -0.1) is 11.3 Å². The van der Waals surface area contributed by atoms with E-state index in [1.54, 1.807) is 12.1 Å². The maximum Gasteiger partial charge on any atom is 0.262 e. The van der Waals surface area contributed by atoms with Crippen LogP contribution in [-0.4, -0.2) is 48.7 Å². The highest BCUT2D eigenvalue weighted by Crippen LogP contribution is 2.11. The first-order valence-electron chi connectivity index (χ1n) is 7.50. The summed E-state index contributed by atoms with van der Waals surface area (Å²) < 4.78 is 0. The van der Waals surface area contributed by atoms with Crippen LogP contribution in [-0.2, 0) is 4.79 Å². The summed E-state index contributed by atoms with van der Waals surface area (Å²) in [6.07, 6.45) is -0.432. The van der Waals surface area contributed by atoms with Crippen LogP contribution in [0.3, 0.4) is 0 Å². The third kappa shape index (κ3) is 4.28. The Kier molecular flexibility index (Phi) is 5.93. The molecule has 0 radical (unpaired) electrons. The molecule has 2 heterocycles. The minimum Gasteiger partial charge on any atom is -0.391 e. The van der Waals surface area contributed by atoms with Crippen LogP contribution >= 0.6 is 11.3 Å². The standard InChI is InChI=1S/C15H23N3O3S/c1-9(2)13(18-14(20)12-4-3-5-22-12)15(21)17-7-10-6-16-8-11(10)19/h3-5,9-11,13,16,19H,6-8H2,1-2H3,(H,17,21)(H,18,20). The topological polar surface area (TPSA) is 90.5 Å². The fourth-order valence-electron chi connectivity index (χ4n) is 2.42. The molecule has 2 rings (SSSR count). The number of carbonyl (C=O) groups excluding carboxylic acids is 2. The zero-order valence-corrected chi connectivity index (χ0v) is 13.7. The highest BCUT2D eigenvalue weighted by Gasteiger charge is 2.28. The third-order valence-corrected chi connectivity index (χ3v) is 4.69. The van der Waals surface area contributed by atoms with Gasteiger partial charge >= 0.3 is 0 Å². The lowest BCUT2D eigenvalue weighted by atomic mass is 10.0. The molecule has 6 nitrogen and oxygen atoms in total. The molecule has 1 aliphatic rings. The van der Waals surface area contributed by atoms with Gasteiger partial charge in [-0.3, -0.25) is 9.59 Å². The number of aliphatic hydroxyl groups is 1. The fraction of sp³-hybridized carbons (Fsp3) is 0.600. The van der Waals surface area contributed by atoms with Gasteiger partial charge in [-0.25, -0.2) is 0 Å². The molecule has 4 N–H and O–H groups in total. The molecule has 7 heteroatoms. The van der Waals surface area contributed by atoms with Crippen molar-refractivity contribution in [1.29, 1.82) is 0 Å². The number of hydrogen-bond acceptors (Lipinski definition) is 5. The van der Waals surface area contributed by atoms with Crippen LogP contribution in [0, 0.1) is 11.8 Å².